The minimum absolute atomic E-state index is 0.0878. The Kier molecular flexibility index (Phi) is 2.85. The van der Waals surface area contributed by atoms with Crippen molar-refractivity contribution in [1.82, 2.24) is 9.97 Å². The molecule has 6 nitrogen and oxygen atoms in total. The Labute approximate surface area is 147 Å². The summed E-state index contributed by atoms with van der Waals surface area (Å²) in [6.45, 7) is 0. The minimum Gasteiger partial charge on any atom is -0.338 e. The van der Waals surface area contributed by atoms with E-state index in [4.69, 9.17) is 0 Å². The van der Waals surface area contributed by atoms with Gasteiger partial charge < -0.3 is 4.98 Å². The van der Waals surface area contributed by atoms with E-state index in [0.717, 1.165) is 22.2 Å². The van der Waals surface area contributed by atoms with Crippen LogP contribution >= 0.6 is 0 Å². The first-order valence-corrected chi connectivity index (χ1v) is 8.05. The number of nitrogens with zero attached hydrogens (tertiary/aromatic N) is 2. The molecule has 6 heteroatoms. The second kappa shape index (κ2) is 5.10. The molecule has 1 N–H and O–H groups in total. The van der Waals surface area contributed by atoms with Gasteiger partial charge in [-0.1, -0.05) is 30.3 Å². The maximum absolute atomic E-state index is 12.8. The average molecular weight is 341 g/mol. The number of rotatable bonds is 2. The van der Waals surface area contributed by atoms with E-state index in [-0.39, 0.29) is 11.5 Å². The van der Waals surface area contributed by atoms with E-state index >= 15 is 0 Å². The lowest BCUT2D eigenvalue weighted by Gasteiger charge is -2.06. The number of nitro groups is 1. The van der Waals surface area contributed by atoms with Crippen LogP contribution in [0.4, 0.5) is 5.69 Å². The second-order valence-corrected chi connectivity index (χ2v) is 6.15. The predicted molar refractivity (Wildman–Crippen MR) is 97.1 cm³/mol. The average Bonchev–Trinajstić information content (AvgIpc) is 3.21. The van der Waals surface area contributed by atoms with Gasteiger partial charge in [0.1, 0.15) is 5.82 Å². The SMILES string of the molecule is O=C1c2cc([N+](=O)[O-])ccc2-c2c1cccc2-c1nc2ccccc2[nH]1. The molecule has 3 aromatic carbocycles. The number of benzene rings is 3. The number of imidazole rings is 1. The van der Waals surface area contributed by atoms with Gasteiger partial charge in [0.25, 0.3) is 5.69 Å². The van der Waals surface area contributed by atoms with Gasteiger partial charge >= 0.3 is 0 Å². The molecule has 0 bridgehead atoms. The van der Waals surface area contributed by atoms with Crippen molar-refractivity contribution in [1.29, 1.82) is 0 Å². The summed E-state index contributed by atoms with van der Waals surface area (Å²) in [5.41, 5.74) is 4.83. The van der Waals surface area contributed by atoms with Crippen LogP contribution in [0.15, 0.2) is 60.7 Å². The fraction of sp³-hybridized carbons (Fsp3) is 0. The molecule has 4 aromatic rings. The van der Waals surface area contributed by atoms with E-state index in [2.05, 4.69) is 9.97 Å². The van der Waals surface area contributed by atoms with Gasteiger partial charge in [0.15, 0.2) is 5.78 Å². The van der Waals surface area contributed by atoms with Crippen molar-refractivity contribution in [2.75, 3.05) is 0 Å². The van der Waals surface area contributed by atoms with Crippen LogP contribution in [0.3, 0.4) is 0 Å². The van der Waals surface area contributed by atoms with Gasteiger partial charge in [-0.15, -0.1) is 0 Å². The van der Waals surface area contributed by atoms with Crippen LogP contribution in [0.5, 0.6) is 0 Å². The second-order valence-electron chi connectivity index (χ2n) is 6.15. The fourth-order valence-electron chi connectivity index (χ4n) is 3.51. The van der Waals surface area contributed by atoms with E-state index in [1.807, 2.05) is 30.3 Å². The lowest BCUT2D eigenvalue weighted by Crippen LogP contribution is -1.96. The number of ketones is 1. The Balaban J connectivity index is 1.77. The van der Waals surface area contributed by atoms with Crippen molar-refractivity contribution in [2.45, 2.75) is 0 Å². The molecule has 26 heavy (non-hydrogen) atoms. The summed E-state index contributed by atoms with van der Waals surface area (Å²) in [7, 11) is 0. The molecule has 0 saturated carbocycles. The third kappa shape index (κ3) is 1.92. The Morgan fingerprint density at radius 3 is 2.50 bits per heavy atom. The van der Waals surface area contributed by atoms with Crippen LogP contribution in [0, 0.1) is 10.1 Å². The highest BCUT2D eigenvalue weighted by Crippen LogP contribution is 2.43. The van der Waals surface area contributed by atoms with Gasteiger partial charge in [-0.3, -0.25) is 14.9 Å². The standard InChI is InChI=1S/C20H11N3O3/c24-19-13-4-3-5-14(20-21-16-6-1-2-7-17(16)22-20)18(13)12-9-8-11(23(25)26)10-15(12)19/h1-10H,(H,21,22). The third-order valence-electron chi connectivity index (χ3n) is 4.68. The molecule has 124 valence electrons. The van der Waals surface area contributed by atoms with E-state index in [1.54, 1.807) is 18.2 Å². The molecule has 0 aliphatic heterocycles. The molecule has 0 saturated heterocycles. The van der Waals surface area contributed by atoms with Crippen molar-refractivity contribution in [3.63, 3.8) is 0 Å². The van der Waals surface area contributed by atoms with Crippen LogP contribution in [-0.4, -0.2) is 20.7 Å². The number of non-ortho nitro benzene ring substituents is 1. The van der Waals surface area contributed by atoms with Crippen LogP contribution in [-0.2, 0) is 0 Å². The number of carbonyl (C=O) groups excluding carboxylic acids is 1. The minimum atomic E-state index is -0.489. The number of para-hydroxylation sites is 2. The van der Waals surface area contributed by atoms with Crippen molar-refractivity contribution in [3.05, 3.63) is 81.9 Å². The zero-order valence-corrected chi connectivity index (χ0v) is 13.4. The van der Waals surface area contributed by atoms with Gasteiger partial charge in [0, 0.05) is 34.4 Å². The smallest absolute Gasteiger partial charge is 0.270 e. The number of aromatic nitrogens is 2. The number of fused-ring (bicyclic) bond motifs is 4. The van der Waals surface area contributed by atoms with Crippen molar-refractivity contribution in [2.24, 2.45) is 0 Å². The van der Waals surface area contributed by atoms with Gasteiger partial charge in [-0.25, -0.2) is 4.98 Å². The molecule has 0 fully saturated rings. The van der Waals surface area contributed by atoms with Gasteiger partial charge in [0.2, 0.25) is 0 Å². The quantitative estimate of drug-likeness (QED) is 0.382. The molecule has 1 aliphatic carbocycles. The highest BCUT2D eigenvalue weighted by atomic mass is 16.6. The first kappa shape index (κ1) is 14.5. The molecule has 0 atom stereocenters. The molecule has 0 amide bonds. The normalized spacial score (nSPS) is 12.2. The molecule has 0 spiro atoms. The maximum atomic E-state index is 12.8. The van der Waals surface area contributed by atoms with Crippen molar-refractivity contribution >= 4 is 22.5 Å². The summed E-state index contributed by atoms with van der Waals surface area (Å²) in [6, 6.07) is 17.6. The summed E-state index contributed by atoms with van der Waals surface area (Å²) in [5, 5.41) is 11.0. The van der Waals surface area contributed by atoms with Crippen LogP contribution in [0.1, 0.15) is 15.9 Å². The summed E-state index contributed by atoms with van der Waals surface area (Å²) in [4.78, 5) is 31.2. The number of hydrogen-bond acceptors (Lipinski definition) is 4. The molecule has 1 aromatic heterocycles. The predicted octanol–water partition coefficient (Wildman–Crippen LogP) is 4.35. The molecule has 1 heterocycles. The monoisotopic (exact) mass is 341 g/mol. The highest BCUT2D eigenvalue weighted by Gasteiger charge is 2.31. The zero-order chi connectivity index (χ0) is 17.8. The molecule has 1 aliphatic rings. The molecule has 0 radical (unpaired) electrons. The van der Waals surface area contributed by atoms with Crippen molar-refractivity contribution in [3.8, 4) is 22.5 Å². The molecular formula is C20H11N3O3. The topological polar surface area (TPSA) is 88.9 Å². The number of nitro benzene ring substituents is 1. The first-order valence-electron chi connectivity index (χ1n) is 8.05. The number of carbonyl (C=O) groups is 1. The lowest BCUT2D eigenvalue weighted by atomic mass is 9.99. The summed E-state index contributed by atoms with van der Waals surface area (Å²) in [6.07, 6.45) is 0. The van der Waals surface area contributed by atoms with Crippen LogP contribution < -0.4 is 0 Å². The highest BCUT2D eigenvalue weighted by molar-refractivity contribution is 6.23. The number of H-pyrrole nitrogens is 1. The van der Waals surface area contributed by atoms with E-state index in [1.165, 1.54) is 12.1 Å². The molecule has 0 unspecified atom stereocenters. The summed E-state index contributed by atoms with van der Waals surface area (Å²) < 4.78 is 0. The summed E-state index contributed by atoms with van der Waals surface area (Å²) >= 11 is 0. The van der Waals surface area contributed by atoms with E-state index < -0.39 is 4.92 Å². The Hall–Kier alpha value is -3.80. The molecular weight excluding hydrogens is 330 g/mol. The van der Waals surface area contributed by atoms with Gasteiger partial charge in [0.05, 0.1) is 16.0 Å². The van der Waals surface area contributed by atoms with Crippen LogP contribution in [0.25, 0.3) is 33.5 Å². The van der Waals surface area contributed by atoms with Crippen LogP contribution in [0.2, 0.25) is 0 Å². The number of nitrogens with one attached hydrogen (secondary N) is 1. The largest absolute Gasteiger partial charge is 0.338 e. The van der Waals surface area contributed by atoms with Gasteiger partial charge in [-0.2, -0.15) is 0 Å². The van der Waals surface area contributed by atoms with Crippen molar-refractivity contribution < 1.29 is 9.72 Å². The number of hydrogen-bond donors (Lipinski definition) is 1. The summed E-state index contributed by atoms with van der Waals surface area (Å²) in [5.74, 6) is 0.471. The number of aromatic amines is 1. The zero-order valence-electron chi connectivity index (χ0n) is 13.4. The first-order chi connectivity index (χ1) is 12.6. The Morgan fingerprint density at radius 1 is 0.885 bits per heavy atom. The van der Waals surface area contributed by atoms with Gasteiger partial charge in [-0.05, 0) is 23.8 Å². The fourth-order valence-corrected chi connectivity index (χ4v) is 3.51. The Bertz CT molecular complexity index is 1210. The molecule has 5 rings (SSSR count). The Morgan fingerprint density at radius 2 is 1.69 bits per heavy atom. The lowest BCUT2D eigenvalue weighted by molar-refractivity contribution is -0.384. The van der Waals surface area contributed by atoms with E-state index in [0.29, 0.717) is 22.5 Å². The maximum Gasteiger partial charge on any atom is 0.270 e. The third-order valence-corrected chi connectivity index (χ3v) is 4.68. The van der Waals surface area contributed by atoms with E-state index in [9.17, 15) is 14.9 Å².